The summed E-state index contributed by atoms with van der Waals surface area (Å²) in [5.41, 5.74) is 3.06. The van der Waals surface area contributed by atoms with Crippen LogP contribution in [0.5, 0.6) is 0 Å². The highest BCUT2D eigenvalue weighted by Gasteiger charge is 2.17. The SMILES string of the molecule is NS(=O)(=O)c1ccc(NC(=O)c2cccc3c(Nc4ccc(S(N)(=O)=O)cc4)c4ccccc4nc23)cc1. The van der Waals surface area contributed by atoms with Crippen LogP contribution in [0.3, 0.4) is 0 Å². The number of primary sulfonamides is 2. The number of fused-ring (bicyclic) bond motifs is 2. The summed E-state index contributed by atoms with van der Waals surface area (Å²) in [5.74, 6) is -0.440. The maximum Gasteiger partial charge on any atom is 0.257 e. The Kier molecular flexibility index (Phi) is 6.33. The van der Waals surface area contributed by atoms with Crippen molar-refractivity contribution in [3.63, 3.8) is 0 Å². The number of carbonyl (C=O) groups is 1. The highest BCUT2D eigenvalue weighted by atomic mass is 32.2. The van der Waals surface area contributed by atoms with Gasteiger partial charge in [0.2, 0.25) is 20.0 Å². The van der Waals surface area contributed by atoms with Crippen LogP contribution in [0.15, 0.2) is 101 Å². The number of nitrogens with one attached hydrogen (secondary N) is 2. The third kappa shape index (κ3) is 5.06. The minimum Gasteiger partial charge on any atom is -0.354 e. The quantitative estimate of drug-likeness (QED) is 0.235. The number of sulfonamides is 2. The van der Waals surface area contributed by atoms with Gasteiger partial charge in [-0.15, -0.1) is 0 Å². The van der Waals surface area contributed by atoms with E-state index >= 15 is 0 Å². The van der Waals surface area contributed by atoms with Crippen LogP contribution in [0.1, 0.15) is 10.4 Å². The lowest BCUT2D eigenvalue weighted by Crippen LogP contribution is -2.14. The summed E-state index contributed by atoms with van der Waals surface area (Å²) in [5, 5.41) is 17.9. The lowest BCUT2D eigenvalue weighted by Gasteiger charge is -2.15. The summed E-state index contributed by atoms with van der Waals surface area (Å²) >= 11 is 0. The van der Waals surface area contributed by atoms with E-state index < -0.39 is 26.0 Å². The Morgan fingerprint density at radius 3 is 1.82 bits per heavy atom. The predicted molar refractivity (Wildman–Crippen MR) is 146 cm³/mol. The van der Waals surface area contributed by atoms with E-state index in [9.17, 15) is 21.6 Å². The smallest absolute Gasteiger partial charge is 0.257 e. The van der Waals surface area contributed by atoms with Crippen molar-refractivity contribution in [1.82, 2.24) is 4.98 Å². The molecule has 0 unspecified atom stereocenters. The van der Waals surface area contributed by atoms with Gasteiger partial charge in [-0.05, 0) is 60.7 Å². The molecule has 1 amide bonds. The third-order valence-electron chi connectivity index (χ3n) is 5.85. The first-order valence-corrected chi connectivity index (χ1v) is 14.3. The lowest BCUT2D eigenvalue weighted by molar-refractivity contribution is 0.102. The maximum absolute atomic E-state index is 13.3. The van der Waals surface area contributed by atoms with E-state index in [2.05, 4.69) is 10.6 Å². The zero-order valence-corrected chi connectivity index (χ0v) is 21.3. The van der Waals surface area contributed by atoms with Crippen molar-refractivity contribution in [3.05, 3.63) is 96.6 Å². The monoisotopic (exact) mass is 547 g/mol. The largest absolute Gasteiger partial charge is 0.354 e. The molecule has 0 saturated carbocycles. The molecule has 10 nitrogen and oxygen atoms in total. The van der Waals surface area contributed by atoms with Crippen LogP contribution in [0.2, 0.25) is 0 Å². The Morgan fingerprint density at radius 1 is 0.658 bits per heavy atom. The number of nitrogens with zero attached hydrogens (tertiary/aromatic N) is 1. The summed E-state index contributed by atoms with van der Waals surface area (Å²) in [7, 11) is -7.69. The first-order valence-electron chi connectivity index (χ1n) is 11.2. The molecule has 0 spiro atoms. The summed E-state index contributed by atoms with van der Waals surface area (Å²) in [6.07, 6.45) is 0. The molecule has 6 N–H and O–H groups in total. The fourth-order valence-electron chi connectivity index (χ4n) is 4.03. The van der Waals surface area contributed by atoms with Gasteiger partial charge in [0, 0.05) is 22.1 Å². The molecular formula is C26H21N5O5S2. The molecule has 4 aromatic carbocycles. The number of rotatable bonds is 6. The van der Waals surface area contributed by atoms with Gasteiger partial charge in [0.1, 0.15) is 0 Å². The van der Waals surface area contributed by atoms with Gasteiger partial charge < -0.3 is 10.6 Å². The number of amides is 1. The molecule has 5 aromatic rings. The molecule has 38 heavy (non-hydrogen) atoms. The minimum absolute atomic E-state index is 0.0106. The van der Waals surface area contributed by atoms with Crippen LogP contribution in [0.4, 0.5) is 17.1 Å². The van der Waals surface area contributed by atoms with Crippen LogP contribution < -0.4 is 20.9 Å². The van der Waals surface area contributed by atoms with E-state index in [4.69, 9.17) is 15.3 Å². The molecule has 1 aromatic heterocycles. The van der Waals surface area contributed by atoms with Gasteiger partial charge in [0.25, 0.3) is 5.91 Å². The zero-order chi connectivity index (χ0) is 27.1. The average molecular weight is 548 g/mol. The van der Waals surface area contributed by atoms with Gasteiger partial charge >= 0.3 is 0 Å². The second kappa shape index (κ2) is 9.50. The minimum atomic E-state index is -3.86. The molecular weight excluding hydrogens is 526 g/mol. The number of anilines is 3. The van der Waals surface area contributed by atoms with Gasteiger partial charge in [-0.2, -0.15) is 0 Å². The van der Waals surface area contributed by atoms with Gasteiger partial charge in [0.15, 0.2) is 0 Å². The van der Waals surface area contributed by atoms with Crippen molar-refractivity contribution in [2.75, 3.05) is 10.6 Å². The van der Waals surface area contributed by atoms with Crippen LogP contribution in [-0.4, -0.2) is 27.7 Å². The Balaban J connectivity index is 1.57. The average Bonchev–Trinajstić information content (AvgIpc) is 2.88. The molecule has 0 bridgehead atoms. The van der Waals surface area contributed by atoms with Crippen molar-refractivity contribution >= 4 is 64.8 Å². The number of hydrogen-bond donors (Lipinski definition) is 4. The molecule has 0 atom stereocenters. The standard InChI is InChI=1S/C26H21N5O5S2/c27-37(33,34)18-12-8-16(9-13-18)29-24-20-4-1-2-7-23(20)31-25-21(24)5-3-6-22(25)26(32)30-17-10-14-19(15-11-17)38(28,35)36/h1-15H,(H,29,31)(H,30,32)(H2,27,33,34)(H2,28,35,36). The fraction of sp³-hybridized carbons (Fsp3) is 0. The number of benzene rings is 4. The molecule has 0 radical (unpaired) electrons. The molecule has 1 heterocycles. The molecule has 0 aliphatic rings. The Morgan fingerprint density at radius 2 is 1.21 bits per heavy atom. The van der Waals surface area contributed by atoms with Crippen LogP contribution in [-0.2, 0) is 20.0 Å². The number of hydrogen-bond acceptors (Lipinski definition) is 7. The molecule has 0 aliphatic heterocycles. The molecule has 0 saturated heterocycles. The molecule has 192 valence electrons. The molecule has 12 heteroatoms. The van der Waals surface area contributed by atoms with Crippen molar-refractivity contribution in [1.29, 1.82) is 0 Å². The molecule has 5 rings (SSSR count). The van der Waals surface area contributed by atoms with E-state index in [1.807, 2.05) is 30.3 Å². The zero-order valence-electron chi connectivity index (χ0n) is 19.6. The predicted octanol–water partition coefficient (Wildman–Crippen LogP) is 3.68. The van der Waals surface area contributed by atoms with E-state index in [1.54, 1.807) is 24.3 Å². The van der Waals surface area contributed by atoms with Gasteiger partial charge in [0.05, 0.1) is 32.1 Å². The first kappa shape index (κ1) is 25.3. The third-order valence-corrected chi connectivity index (χ3v) is 7.71. The lowest BCUT2D eigenvalue weighted by atomic mass is 10.0. The highest BCUT2D eigenvalue weighted by Crippen LogP contribution is 2.35. The second-order valence-electron chi connectivity index (χ2n) is 8.42. The maximum atomic E-state index is 13.3. The topological polar surface area (TPSA) is 174 Å². The van der Waals surface area contributed by atoms with Crippen molar-refractivity contribution in [2.24, 2.45) is 10.3 Å². The number of carbonyl (C=O) groups excluding carboxylic acids is 1. The molecule has 0 aliphatic carbocycles. The van der Waals surface area contributed by atoms with Gasteiger partial charge in [-0.3, -0.25) is 4.79 Å². The molecule has 0 fully saturated rings. The Hall–Kier alpha value is -4.36. The van der Waals surface area contributed by atoms with Crippen molar-refractivity contribution in [2.45, 2.75) is 9.79 Å². The van der Waals surface area contributed by atoms with Crippen LogP contribution >= 0.6 is 0 Å². The fourth-order valence-corrected chi connectivity index (χ4v) is 5.06. The van der Waals surface area contributed by atoms with Crippen molar-refractivity contribution in [3.8, 4) is 0 Å². The van der Waals surface area contributed by atoms with E-state index in [-0.39, 0.29) is 9.79 Å². The number of nitrogens with two attached hydrogens (primary N) is 2. The van der Waals surface area contributed by atoms with E-state index in [1.165, 1.54) is 36.4 Å². The summed E-state index contributed by atoms with van der Waals surface area (Å²) < 4.78 is 46.3. The summed E-state index contributed by atoms with van der Waals surface area (Å²) in [6.45, 7) is 0. The Labute approximate surface area is 218 Å². The number of para-hydroxylation sites is 2. The van der Waals surface area contributed by atoms with E-state index in [0.717, 1.165) is 5.39 Å². The normalized spacial score (nSPS) is 11.9. The summed E-state index contributed by atoms with van der Waals surface area (Å²) in [4.78, 5) is 17.9. The number of pyridine rings is 1. The number of aromatic nitrogens is 1. The van der Waals surface area contributed by atoms with Crippen molar-refractivity contribution < 1.29 is 21.6 Å². The second-order valence-corrected chi connectivity index (χ2v) is 11.5. The van der Waals surface area contributed by atoms with Crippen LogP contribution in [0.25, 0.3) is 21.8 Å². The highest BCUT2D eigenvalue weighted by molar-refractivity contribution is 7.89. The van der Waals surface area contributed by atoms with Gasteiger partial charge in [-0.25, -0.2) is 32.1 Å². The Bertz CT molecular complexity index is 1920. The van der Waals surface area contributed by atoms with E-state index in [0.29, 0.717) is 39.0 Å². The van der Waals surface area contributed by atoms with Gasteiger partial charge in [-0.1, -0.05) is 30.3 Å². The first-order chi connectivity index (χ1) is 18.0. The van der Waals surface area contributed by atoms with Crippen LogP contribution in [0, 0.1) is 0 Å². The summed E-state index contributed by atoms with van der Waals surface area (Å²) in [6, 6.07) is 24.1.